The van der Waals surface area contributed by atoms with Crippen molar-refractivity contribution < 1.29 is 4.79 Å². The molecule has 0 unspecified atom stereocenters. The second kappa shape index (κ2) is 8.71. The van der Waals surface area contributed by atoms with E-state index in [4.69, 9.17) is 16.6 Å². The van der Waals surface area contributed by atoms with Crippen LogP contribution in [0.3, 0.4) is 0 Å². The normalized spacial score (nSPS) is 21.3. The summed E-state index contributed by atoms with van der Waals surface area (Å²) >= 11 is 6.06. The lowest BCUT2D eigenvalue weighted by Crippen LogP contribution is -2.53. The molecule has 0 bridgehead atoms. The van der Waals surface area contributed by atoms with E-state index in [1.54, 1.807) is 6.20 Å². The molecular formula is C26H29ClN6O. The third-order valence-electron chi connectivity index (χ3n) is 7.25. The Morgan fingerprint density at radius 1 is 1.03 bits per heavy atom. The number of piperazine rings is 1. The number of nitrogens with zero attached hydrogens (tertiary/aromatic N) is 6. The van der Waals surface area contributed by atoms with Gasteiger partial charge in [-0.15, -0.1) is 0 Å². The molecule has 7 nitrogen and oxygen atoms in total. The number of carbonyl (C=O) groups is 1. The maximum absolute atomic E-state index is 13.8. The number of amides is 1. The lowest BCUT2D eigenvalue weighted by atomic mass is 10.0. The van der Waals surface area contributed by atoms with E-state index >= 15 is 0 Å². The van der Waals surface area contributed by atoms with Crippen molar-refractivity contribution in [1.82, 2.24) is 19.7 Å². The molecule has 4 heterocycles. The number of anilines is 1. The van der Waals surface area contributed by atoms with Crippen molar-refractivity contribution in [2.24, 2.45) is 4.99 Å². The third-order valence-corrected chi connectivity index (χ3v) is 7.50. The quantitative estimate of drug-likeness (QED) is 0.663. The molecule has 0 atom stereocenters. The Bertz CT molecular complexity index is 1160. The first kappa shape index (κ1) is 21.6. The number of benzene rings is 1. The molecule has 4 aliphatic rings. The molecule has 1 saturated heterocycles. The maximum atomic E-state index is 13.8. The lowest BCUT2D eigenvalue weighted by Gasteiger charge is -2.41. The number of hydrogen-bond donors (Lipinski definition) is 0. The Labute approximate surface area is 205 Å². The smallest absolute Gasteiger partial charge is 0.263 e. The van der Waals surface area contributed by atoms with E-state index in [1.807, 2.05) is 29.2 Å². The van der Waals surface area contributed by atoms with Crippen molar-refractivity contribution in [3.05, 3.63) is 64.5 Å². The van der Waals surface area contributed by atoms with Gasteiger partial charge in [-0.25, -0.2) is 9.98 Å². The van der Waals surface area contributed by atoms with E-state index in [0.29, 0.717) is 24.1 Å². The van der Waals surface area contributed by atoms with Crippen LogP contribution < -0.4 is 4.90 Å². The summed E-state index contributed by atoms with van der Waals surface area (Å²) in [6.07, 6.45) is 5.08. The highest BCUT2D eigenvalue weighted by molar-refractivity contribution is 6.30. The highest BCUT2D eigenvalue weighted by Gasteiger charge is 2.41. The van der Waals surface area contributed by atoms with Crippen LogP contribution in [0.4, 0.5) is 11.5 Å². The molecule has 0 spiro atoms. The molecule has 34 heavy (non-hydrogen) atoms. The van der Waals surface area contributed by atoms with Gasteiger partial charge in [0, 0.05) is 55.7 Å². The van der Waals surface area contributed by atoms with Crippen LogP contribution in [0, 0.1) is 0 Å². The molecule has 0 N–H and O–H groups in total. The van der Waals surface area contributed by atoms with E-state index in [1.165, 1.54) is 24.1 Å². The number of pyridine rings is 1. The summed E-state index contributed by atoms with van der Waals surface area (Å²) < 4.78 is 0. The number of halogens is 1. The predicted molar refractivity (Wildman–Crippen MR) is 135 cm³/mol. The lowest BCUT2D eigenvalue weighted by molar-refractivity contribution is 0.0700. The number of aliphatic imine (C=N–C) groups is 1. The monoisotopic (exact) mass is 476 g/mol. The Morgan fingerprint density at radius 3 is 2.53 bits per heavy atom. The average Bonchev–Trinajstić information content (AvgIpc) is 3.70. The molecule has 176 valence electrons. The maximum Gasteiger partial charge on any atom is 0.263 e. The van der Waals surface area contributed by atoms with Crippen LogP contribution in [0.5, 0.6) is 0 Å². The fourth-order valence-electron chi connectivity index (χ4n) is 5.18. The number of amidine groups is 1. The van der Waals surface area contributed by atoms with Gasteiger partial charge in [-0.3, -0.25) is 14.6 Å². The number of rotatable bonds is 4. The van der Waals surface area contributed by atoms with Crippen molar-refractivity contribution >= 4 is 34.8 Å². The zero-order valence-corrected chi connectivity index (χ0v) is 20.2. The van der Waals surface area contributed by atoms with Crippen LogP contribution in [0.15, 0.2) is 58.9 Å². The number of fused-ring (bicyclic) bond motifs is 2. The summed E-state index contributed by atoms with van der Waals surface area (Å²) in [5.74, 6) is 1.46. The fourth-order valence-corrected chi connectivity index (χ4v) is 5.31. The Kier molecular flexibility index (Phi) is 5.54. The fraction of sp³-hybridized carbons (Fsp3) is 0.423. The van der Waals surface area contributed by atoms with Gasteiger partial charge in [-0.2, -0.15) is 0 Å². The van der Waals surface area contributed by atoms with Gasteiger partial charge < -0.3 is 9.80 Å². The molecular weight excluding hydrogens is 448 g/mol. The molecule has 0 radical (unpaired) electrons. The molecule has 2 aromatic rings. The van der Waals surface area contributed by atoms with Gasteiger partial charge >= 0.3 is 0 Å². The SMILES string of the molecule is CC1=C2C(=Nc3ncccc3C(=O)N2CN2CCN(c3ccc(Cl)cc3)CC2)N(C2CC2)CC1. The standard InChI is InChI=1S/C26H29ClN6O/c1-18-10-12-32(21-8-9-21)25-23(18)33(26(34)22-3-2-11-28-24(22)29-25)17-30-13-15-31(16-14-30)20-6-4-19(27)5-7-20/h2-7,11,21H,8-10,12-17H2,1H3. The molecule has 1 amide bonds. The van der Waals surface area contributed by atoms with Gasteiger partial charge in [0.05, 0.1) is 17.9 Å². The highest BCUT2D eigenvalue weighted by Crippen LogP contribution is 2.37. The van der Waals surface area contributed by atoms with E-state index in [-0.39, 0.29) is 5.91 Å². The molecule has 1 aromatic carbocycles. The number of hydrogen-bond acceptors (Lipinski definition) is 6. The van der Waals surface area contributed by atoms with Gasteiger partial charge in [0.1, 0.15) is 0 Å². The Morgan fingerprint density at radius 2 is 1.79 bits per heavy atom. The van der Waals surface area contributed by atoms with Crippen molar-refractivity contribution in [1.29, 1.82) is 0 Å². The zero-order valence-electron chi connectivity index (χ0n) is 19.5. The zero-order chi connectivity index (χ0) is 23.2. The largest absolute Gasteiger partial charge is 0.369 e. The van der Waals surface area contributed by atoms with E-state index in [0.717, 1.165) is 55.7 Å². The average molecular weight is 477 g/mol. The van der Waals surface area contributed by atoms with E-state index in [9.17, 15) is 4.79 Å². The van der Waals surface area contributed by atoms with Gasteiger partial charge in [0.15, 0.2) is 11.7 Å². The minimum absolute atomic E-state index is 0.00558. The highest BCUT2D eigenvalue weighted by atomic mass is 35.5. The van der Waals surface area contributed by atoms with Crippen molar-refractivity contribution in [3.8, 4) is 0 Å². The summed E-state index contributed by atoms with van der Waals surface area (Å²) in [5.41, 5.74) is 3.99. The van der Waals surface area contributed by atoms with Gasteiger partial charge in [0.25, 0.3) is 5.91 Å². The first-order valence-electron chi connectivity index (χ1n) is 12.1. The molecule has 1 aromatic heterocycles. The van der Waals surface area contributed by atoms with Crippen molar-refractivity contribution in [2.45, 2.75) is 32.2 Å². The molecule has 1 aliphatic carbocycles. The number of aromatic nitrogens is 1. The van der Waals surface area contributed by atoms with Crippen LogP contribution in [0.25, 0.3) is 0 Å². The van der Waals surface area contributed by atoms with Crippen LogP contribution in [0.1, 0.15) is 36.5 Å². The topological polar surface area (TPSA) is 55.3 Å². The minimum atomic E-state index is -0.00558. The van der Waals surface area contributed by atoms with Crippen LogP contribution >= 0.6 is 11.6 Å². The summed E-state index contributed by atoms with van der Waals surface area (Å²) in [7, 11) is 0. The molecule has 6 rings (SSSR count). The predicted octanol–water partition coefficient (Wildman–Crippen LogP) is 4.14. The van der Waals surface area contributed by atoms with Crippen LogP contribution in [-0.2, 0) is 0 Å². The first-order chi connectivity index (χ1) is 16.6. The third kappa shape index (κ3) is 3.97. The number of carbonyl (C=O) groups excluding carboxylic acids is 1. The summed E-state index contributed by atoms with van der Waals surface area (Å²) in [6, 6.07) is 12.2. The van der Waals surface area contributed by atoms with Crippen molar-refractivity contribution in [3.63, 3.8) is 0 Å². The molecule has 3 aliphatic heterocycles. The summed E-state index contributed by atoms with van der Waals surface area (Å²) in [6.45, 7) is 7.27. The van der Waals surface area contributed by atoms with Gasteiger partial charge in [-0.1, -0.05) is 11.6 Å². The summed E-state index contributed by atoms with van der Waals surface area (Å²) in [4.78, 5) is 32.4. The minimum Gasteiger partial charge on any atom is -0.369 e. The molecule has 1 saturated carbocycles. The Hall–Kier alpha value is -2.90. The van der Waals surface area contributed by atoms with E-state index < -0.39 is 0 Å². The van der Waals surface area contributed by atoms with Crippen LogP contribution in [-0.4, -0.2) is 76.9 Å². The summed E-state index contributed by atoms with van der Waals surface area (Å²) in [5, 5.41) is 0.755. The van der Waals surface area contributed by atoms with Gasteiger partial charge in [0.2, 0.25) is 0 Å². The Balaban J connectivity index is 1.27. The van der Waals surface area contributed by atoms with Gasteiger partial charge in [-0.05, 0) is 68.2 Å². The van der Waals surface area contributed by atoms with Crippen LogP contribution in [0.2, 0.25) is 5.02 Å². The molecule has 2 fully saturated rings. The van der Waals surface area contributed by atoms with E-state index in [2.05, 4.69) is 38.7 Å². The first-order valence-corrected chi connectivity index (χ1v) is 12.5. The second-order valence-corrected chi connectivity index (χ2v) is 10.0. The van der Waals surface area contributed by atoms with Crippen molar-refractivity contribution in [2.75, 3.05) is 44.3 Å². The molecule has 8 heteroatoms. The second-order valence-electron chi connectivity index (χ2n) is 9.57.